The van der Waals surface area contributed by atoms with E-state index >= 15 is 0 Å². The van der Waals surface area contributed by atoms with Gasteiger partial charge in [0.05, 0.1) is 11.3 Å². The van der Waals surface area contributed by atoms with Crippen LogP contribution in [0.1, 0.15) is 6.92 Å². The number of thioether (sulfide) groups is 1. The van der Waals surface area contributed by atoms with Crippen LogP contribution in [-0.4, -0.2) is 27.9 Å². The van der Waals surface area contributed by atoms with Gasteiger partial charge in [0.2, 0.25) is 5.91 Å². The number of benzene rings is 1. The minimum atomic E-state index is -0.228. The largest absolute Gasteiger partial charge is 0.349 e. The lowest BCUT2D eigenvalue weighted by Gasteiger charge is -2.26. The Labute approximate surface area is 123 Å². The lowest BCUT2D eigenvalue weighted by Crippen LogP contribution is -2.49. The molecule has 0 spiro atoms. The van der Waals surface area contributed by atoms with Gasteiger partial charge < -0.3 is 5.32 Å². The zero-order valence-corrected chi connectivity index (χ0v) is 13.6. The molecule has 0 radical (unpaired) electrons. The van der Waals surface area contributed by atoms with E-state index in [4.69, 9.17) is 0 Å². The number of carbonyl (C=O) groups is 1. The van der Waals surface area contributed by atoms with Gasteiger partial charge in [-0.1, -0.05) is 50.1 Å². The number of hydrogen-bond donors (Lipinski definition) is 1. The molecule has 1 aromatic carbocycles. The van der Waals surface area contributed by atoms with E-state index in [0.717, 1.165) is 15.6 Å². The molecule has 0 heterocycles. The third-order valence-corrected chi connectivity index (χ3v) is 5.63. The molecular weight excluding hydrogens is 366 g/mol. The van der Waals surface area contributed by atoms with Gasteiger partial charge in [-0.25, -0.2) is 0 Å². The number of carbonyl (C=O) groups excluding carboxylic acids is 1. The number of hydrogen-bond acceptors (Lipinski definition) is 2. The van der Waals surface area contributed by atoms with Gasteiger partial charge in [-0.3, -0.25) is 4.79 Å². The van der Waals surface area contributed by atoms with Crippen molar-refractivity contribution in [2.45, 2.75) is 17.4 Å². The van der Waals surface area contributed by atoms with Crippen molar-refractivity contribution in [1.82, 2.24) is 5.32 Å². The van der Waals surface area contributed by atoms with Gasteiger partial charge in [0.15, 0.2) is 0 Å². The Morgan fingerprint density at radius 1 is 1.29 bits per heavy atom. The lowest BCUT2D eigenvalue weighted by molar-refractivity contribution is -0.119. The number of nitrogens with one attached hydrogen (secondary N) is 1. The van der Waals surface area contributed by atoms with Gasteiger partial charge in [-0.2, -0.15) is 0 Å². The summed E-state index contributed by atoms with van der Waals surface area (Å²) in [5, 5.41) is 4.47. The van der Waals surface area contributed by atoms with E-state index in [-0.39, 0.29) is 11.4 Å². The Bertz CT molecular complexity index is 355. The van der Waals surface area contributed by atoms with Gasteiger partial charge >= 0.3 is 0 Å². The van der Waals surface area contributed by atoms with Crippen LogP contribution in [0.2, 0.25) is 0 Å². The van der Waals surface area contributed by atoms with Crippen LogP contribution < -0.4 is 5.32 Å². The number of rotatable bonds is 6. The number of amides is 1. The molecule has 1 aromatic rings. The average molecular weight is 381 g/mol. The van der Waals surface area contributed by atoms with Crippen molar-refractivity contribution >= 4 is 49.5 Å². The summed E-state index contributed by atoms with van der Waals surface area (Å²) >= 11 is 8.36. The second kappa shape index (κ2) is 7.44. The molecule has 0 aliphatic heterocycles. The summed E-state index contributed by atoms with van der Waals surface area (Å²) in [5.41, 5.74) is -0.228. The van der Waals surface area contributed by atoms with Crippen molar-refractivity contribution < 1.29 is 4.79 Å². The van der Waals surface area contributed by atoms with Crippen LogP contribution in [0.5, 0.6) is 0 Å². The summed E-state index contributed by atoms with van der Waals surface area (Å²) in [4.78, 5) is 12.9. The first kappa shape index (κ1) is 15.1. The molecule has 1 rings (SSSR count). The first-order chi connectivity index (χ1) is 8.09. The van der Waals surface area contributed by atoms with Gasteiger partial charge in [-0.05, 0) is 19.1 Å². The smallest absolute Gasteiger partial charge is 0.230 e. The zero-order valence-electron chi connectivity index (χ0n) is 9.58. The highest BCUT2D eigenvalue weighted by atomic mass is 79.9. The van der Waals surface area contributed by atoms with Crippen LogP contribution in [0.3, 0.4) is 0 Å². The maximum absolute atomic E-state index is 11.8. The van der Waals surface area contributed by atoms with Crippen molar-refractivity contribution in [3.63, 3.8) is 0 Å². The molecule has 0 atom stereocenters. The summed E-state index contributed by atoms with van der Waals surface area (Å²) < 4.78 is 0. The van der Waals surface area contributed by atoms with Gasteiger partial charge in [0, 0.05) is 15.6 Å². The topological polar surface area (TPSA) is 29.1 Å². The van der Waals surface area contributed by atoms with Crippen molar-refractivity contribution in [2.24, 2.45) is 0 Å². The van der Waals surface area contributed by atoms with E-state index in [1.165, 1.54) is 0 Å². The maximum Gasteiger partial charge on any atom is 0.230 e. The van der Waals surface area contributed by atoms with E-state index in [1.807, 2.05) is 37.3 Å². The fraction of sp³-hybridized carbons (Fsp3) is 0.417. The normalized spacial score (nSPS) is 11.2. The molecule has 2 nitrogen and oxygen atoms in total. The first-order valence-corrected chi connectivity index (χ1v) is 8.43. The summed E-state index contributed by atoms with van der Waals surface area (Å²) in [6, 6.07) is 9.93. The molecule has 0 bridgehead atoms. The van der Waals surface area contributed by atoms with Crippen molar-refractivity contribution in [3.05, 3.63) is 30.3 Å². The molecule has 0 unspecified atom stereocenters. The third kappa shape index (κ3) is 5.44. The van der Waals surface area contributed by atoms with Gasteiger partial charge in [-0.15, -0.1) is 11.8 Å². The Morgan fingerprint density at radius 3 is 2.41 bits per heavy atom. The Morgan fingerprint density at radius 2 is 1.88 bits per heavy atom. The molecular formula is C12H15Br2NOS. The minimum absolute atomic E-state index is 0.0558. The molecule has 0 saturated heterocycles. The van der Waals surface area contributed by atoms with E-state index in [2.05, 4.69) is 37.2 Å². The molecule has 0 fully saturated rings. The molecule has 0 saturated carbocycles. The van der Waals surface area contributed by atoms with E-state index in [9.17, 15) is 4.79 Å². The molecule has 5 heteroatoms. The molecule has 1 amide bonds. The molecule has 0 aliphatic rings. The maximum atomic E-state index is 11.8. The highest BCUT2D eigenvalue weighted by Gasteiger charge is 2.23. The SMILES string of the molecule is CC(CBr)(CBr)NC(=O)CSc1ccccc1. The average Bonchev–Trinajstić information content (AvgIpc) is 2.37. The highest BCUT2D eigenvalue weighted by Crippen LogP contribution is 2.17. The zero-order chi connectivity index (χ0) is 12.7. The van der Waals surface area contributed by atoms with Crippen LogP contribution in [0, 0.1) is 0 Å². The lowest BCUT2D eigenvalue weighted by atomic mass is 10.1. The minimum Gasteiger partial charge on any atom is -0.349 e. The van der Waals surface area contributed by atoms with Crippen molar-refractivity contribution in [3.8, 4) is 0 Å². The molecule has 94 valence electrons. The number of halogens is 2. The predicted octanol–water partition coefficient (Wildman–Crippen LogP) is 3.44. The van der Waals surface area contributed by atoms with Crippen LogP contribution >= 0.6 is 43.6 Å². The Hall–Kier alpha value is 0. The summed E-state index contributed by atoms with van der Waals surface area (Å²) in [7, 11) is 0. The fourth-order valence-electron chi connectivity index (χ4n) is 1.14. The van der Waals surface area contributed by atoms with Gasteiger partial charge in [0.25, 0.3) is 0 Å². The van der Waals surface area contributed by atoms with E-state index < -0.39 is 0 Å². The molecule has 0 aromatic heterocycles. The van der Waals surface area contributed by atoms with Gasteiger partial charge in [0.1, 0.15) is 0 Å². The molecule has 17 heavy (non-hydrogen) atoms. The monoisotopic (exact) mass is 379 g/mol. The standard InChI is InChI=1S/C12H15Br2NOS/c1-12(8-13,9-14)15-11(16)7-17-10-5-3-2-4-6-10/h2-6H,7-9H2,1H3,(H,15,16). The highest BCUT2D eigenvalue weighted by molar-refractivity contribution is 9.09. The molecule has 0 aliphatic carbocycles. The van der Waals surface area contributed by atoms with Crippen molar-refractivity contribution in [2.75, 3.05) is 16.4 Å². The fourth-order valence-corrected chi connectivity index (χ4v) is 3.07. The van der Waals surface area contributed by atoms with E-state index in [0.29, 0.717) is 5.75 Å². The quantitative estimate of drug-likeness (QED) is 0.604. The van der Waals surface area contributed by atoms with Crippen LogP contribution in [-0.2, 0) is 4.79 Å². The molecule has 1 N–H and O–H groups in total. The third-order valence-electron chi connectivity index (χ3n) is 2.14. The second-order valence-corrected chi connectivity index (χ2v) is 6.15. The Kier molecular flexibility index (Phi) is 6.59. The van der Waals surface area contributed by atoms with Crippen molar-refractivity contribution in [1.29, 1.82) is 0 Å². The summed E-state index contributed by atoms with van der Waals surface area (Å²) in [6.45, 7) is 2.00. The summed E-state index contributed by atoms with van der Waals surface area (Å²) in [6.07, 6.45) is 0. The van der Waals surface area contributed by atoms with E-state index in [1.54, 1.807) is 11.8 Å². The number of alkyl halides is 2. The predicted molar refractivity (Wildman–Crippen MR) is 81.3 cm³/mol. The Balaban J connectivity index is 2.40. The van der Waals surface area contributed by atoms with Crippen LogP contribution in [0.25, 0.3) is 0 Å². The first-order valence-electron chi connectivity index (χ1n) is 5.20. The van der Waals surface area contributed by atoms with Crippen LogP contribution in [0.15, 0.2) is 35.2 Å². The summed E-state index contributed by atoms with van der Waals surface area (Å²) in [5.74, 6) is 0.500. The second-order valence-electron chi connectivity index (χ2n) is 3.98. The van der Waals surface area contributed by atoms with Crippen LogP contribution in [0.4, 0.5) is 0 Å².